The van der Waals surface area contributed by atoms with Gasteiger partial charge in [0.15, 0.2) is 0 Å². The van der Waals surface area contributed by atoms with Gasteiger partial charge in [0.1, 0.15) is 0 Å². The van der Waals surface area contributed by atoms with Gasteiger partial charge in [-0.1, -0.05) is 59.8 Å². The molecule has 1 atom stereocenters. The van der Waals surface area contributed by atoms with Crippen LogP contribution in [0.3, 0.4) is 0 Å². The molecule has 3 aromatic carbocycles. The van der Waals surface area contributed by atoms with Crippen LogP contribution in [-0.2, 0) is 4.79 Å². The quantitative estimate of drug-likeness (QED) is 0.512. The molecule has 0 radical (unpaired) electrons. The lowest BCUT2D eigenvalue weighted by Gasteiger charge is -2.14. The van der Waals surface area contributed by atoms with Crippen molar-refractivity contribution in [3.8, 4) is 0 Å². The van der Waals surface area contributed by atoms with E-state index >= 15 is 0 Å². The molecule has 0 aliphatic heterocycles. The summed E-state index contributed by atoms with van der Waals surface area (Å²) >= 11 is 3.22. The number of hydrogen-bond acceptors (Lipinski definition) is 3. The van der Waals surface area contributed by atoms with E-state index in [1.54, 1.807) is 23.5 Å². The minimum absolute atomic E-state index is 0.0108. The first-order valence-electron chi connectivity index (χ1n) is 8.48. The summed E-state index contributed by atoms with van der Waals surface area (Å²) in [6, 6.07) is 26.3. The van der Waals surface area contributed by atoms with Crippen molar-refractivity contribution in [2.45, 2.75) is 33.8 Å². The molecule has 0 aliphatic carbocycles. The van der Waals surface area contributed by atoms with Crippen molar-refractivity contribution >= 4 is 35.1 Å². The van der Waals surface area contributed by atoms with E-state index < -0.39 is 0 Å². The molecule has 132 valence electrons. The van der Waals surface area contributed by atoms with Gasteiger partial charge in [0.25, 0.3) is 0 Å². The number of rotatable bonds is 6. The lowest BCUT2D eigenvalue weighted by molar-refractivity contribution is -0.115. The summed E-state index contributed by atoms with van der Waals surface area (Å²) in [5, 5.41) is 2.91. The van der Waals surface area contributed by atoms with Crippen molar-refractivity contribution in [3.63, 3.8) is 0 Å². The summed E-state index contributed by atoms with van der Waals surface area (Å²) in [6.07, 6.45) is 0. The highest BCUT2D eigenvalue weighted by Gasteiger charge is 2.16. The minimum atomic E-state index is -0.174. The number of amides is 1. The Hall–Kier alpha value is -2.17. The van der Waals surface area contributed by atoms with Crippen molar-refractivity contribution in [3.05, 3.63) is 84.4 Å². The van der Waals surface area contributed by atoms with Gasteiger partial charge in [-0.25, -0.2) is 0 Å². The topological polar surface area (TPSA) is 29.1 Å². The third kappa shape index (κ3) is 5.16. The van der Waals surface area contributed by atoms with E-state index in [9.17, 15) is 4.79 Å². The first kappa shape index (κ1) is 18.6. The second-order valence-corrected chi connectivity index (χ2v) is 8.50. The number of carbonyl (C=O) groups excluding carboxylic acids is 1. The van der Waals surface area contributed by atoms with Gasteiger partial charge in [-0.2, -0.15) is 0 Å². The van der Waals surface area contributed by atoms with Crippen LogP contribution in [0.25, 0.3) is 0 Å². The van der Waals surface area contributed by atoms with Crippen LogP contribution < -0.4 is 5.32 Å². The number of anilines is 1. The highest BCUT2D eigenvalue weighted by atomic mass is 32.2. The van der Waals surface area contributed by atoms with Crippen LogP contribution in [0.2, 0.25) is 0 Å². The van der Waals surface area contributed by atoms with E-state index in [-0.39, 0.29) is 11.2 Å². The molecule has 4 heteroatoms. The smallest absolute Gasteiger partial charge is 0.237 e. The fourth-order valence-electron chi connectivity index (χ4n) is 2.38. The normalized spacial score (nSPS) is 11.8. The van der Waals surface area contributed by atoms with E-state index in [1.165, 1.54) is 5.56 Å². The molecular weight excluding hydrogens is 358 g/mol. The first-order chi connectivity index (χ1) is 12.6. The molecule has 1 N–H and O–H groups in total. The molecule has 0 heterocycles. The van der Waals surface area contributed by atoms with Crippen molar-refractivity contribution in [2.24, 2.45) is 0 Å². The Balaban J connectivity index is 1.68. The predicted molar refractivity (Wildman–Crippen MR) is 112 cm³/mol. The molecule has 0 aromatic heterocycles. The second kappa shape index (κ2) is 8.97. The summed E-state index contributed by atoms with van der Waals surface area (Å²) in [5.41, 5.74) is 2.07. The molecule has 2 nitrogen and oxygen atoms in total. The number of carbonyl (C=O) groups is 1. The Kier molecular flexibility index (Phi) is 6.42. The molecule has 0 bridgehead atoms. The number of benzene rings is 3. The Morgan fingerprint density at radius 2 is 1.50 bits per heavy atom. The Morgan fingerprint density at radius 1 is 0.846 bits per heavy atom. The summed E-state index contributed by atoms with van der Waals surface area (Å²) < 4.78 is 0. The fourth-order valence-corrected chi connectivity index (χ4v) is 4.17. The monoisotopic (exact) mass is 379 g/mol. The van der Waals surface area contributed by atoms with Gasteiger partial charge in [0.05, 0.1) is 10.9 Å². The zero-order valence-corrected chi connectivity index (χ0v) is 16.4. The van der Waals surface area contributed by atoms with Crippen LogP contribution >= 0.6 is 23.5 Å². The van der Waals surface area contributed by atoms with Crippen LogP contribution in [-0.4, -0.2) is 11.2 Å². The van der Waals surface area contributed by atoms with Gasteiger partial charge in [0, 0.05) is 14.7 Å². The lowest BCUT2D eigenvalue weighted by Crippen LogP contribution is -2.22. The molecule has 3 rings (SSSR count). The van der Waals surface area contributed by atoms with Gasteiger partial charge in [-0.15, -0.1) is 11.8 Å². The molecular formula is C22H21NOS2. The third-order valence-electron chi connectivity index (χ3n) is 3.82. The van der Waals surface area contributed by atoms with E-state index in [4.69, 9.17) is 0 Å². The van der Waals surface area contributed by atoms with Crippen LogP contribution in [0.5, 0.6) is 0 Å². The Bertz CT molecular complexity index is 863. The largest absolute Gasteiger partial charge is 0.324 e. The van der Waals surface area contributed by atoms with E-state index in [0.29, 0.717) is 0 Å². The average Bonchev–Trinajstić information content (AvgIpc) is 2.66. The van der Waals surface area contributed by atoms with Crippen LogP contribution in [0.15, 0.2) is 93.5 Å². The maximum atomic E-state index is 12.6. The Morgan fingerprint density at radius 3 is 2.23 bits per heavy atom. The van der Waals surface area contributed by atoms with Crippen molar-refractivity contribution in [1.82, 2.24) is 0 Å². The summed E-state index contributed by atoms with van der Waals surface area (Å²) in [5.74, 6) is 0.0108. The van der Waals surface area contributed by atoms with Gasteiger partial charge < -0.3 is 5.32 Å². The highest BCUT2D eigenvalue weighted by molar-refractivity contribution is 8.00. The number of aryl methyl sites for hydroxylation is 1. The number of thioether (sulfide) groups is 1. The molecule has 26 heavy (non-hydrogen) atoms. The molecule has 0 saturated carbocycles. The maximum Gasteiger partial charge on any atom is 0.237 e. The van der Waals surface area contributed by atoms with E-state index in [0.717, 1.165) is 20.4 Å². The zero-order valence-electron chi connectivity index (χ0n) is 14.8. The van der Waals surface area contributed by atoms with Crippen LogP contribution in [0.4, 0.5) is 5.69 Å². The second-order valence-electron chi connectivity index (χ2n) is 5.97. The number of hydrogen-bond donors (Lipinski definition) is 1. The average molecular weight is 380 g/mol. The van der Waals surface area contributed by atoms with Crippen LogP contribution in [0, 0.1) is 6.92 Å². The maximum absolute atomic E-state index is 12.6. The molecule has 0 unspecified atom stereocenters. The standard InChI is InChI=1S/C22H21NOS2/c1-16-12-14-19(15-13-16)25-17(2)22(24)23-20-10-6-7-11-21(20)26-18-8-4-3-5-9-18/h3-15,17H,1-2H3,(H,23,24)/t17-/m0/s1. The van der Waals surface area contributed by atoms with E-state index in [1.807, 2.05) is 49.4 Å². The summed E-state index contributed by atoms with van der Waals surface area (Å²) in [4.78, 5) is 15.9. The molecule has 0 spiro atoms. The number of para-hydroxylation sites is 1. The molecule has 0 saturated heterocycles. The zero-order chi connectivity index (χ0) is 18.4. The van der Waals surface area contributed by atoms with Crippen molar-refractivity contribution < 1.29 is 4.79 Å². The fraction of sp³-hybridized carbons (Fsp3) is 0.136. The van der Waals surface area contributed by atoms with Gasteiger partial charge in [-0.3, -0.25) is 4.79 Å². The molecule has 1 amide bonds. The van der Waals surface area contributed by atoms with Crippen molar-refractivity contribution in [2.75, 3.05) is 5.32 Å². The predicted octanol–water partition coefficient (Wildman–Crippen LogP) is 6.27. The minimum Gasteiger partial charge on any atom is -0.324 e. The lowest BCUT2D eigenvalue weighted by atomic mass is 10.2. The molecule has 0 fully saturated rings. The van der Waals surface area contributed by atoms with E-state index in [2.05, 4.69) is 48.6 Å². The third-order valence-corrected chi connectivity index (χ3v) is 6.01. The van der Waals surface area contributed by atoms with Gasteiger partial charge in [-0.05, 0) is 50.2 Å². The van der Waals surface area contributed by atoms with Gasteiger partial charge in [0.2, 0.25) is 5.91 Å². The Labute approximate surface area is 163 Å². The first-order valence-corrected chi connectivity index (χ1v) is 10.2. The summed E-state index contributed by atoms with van der Waals surface area (Å²) in [6.45, 7) is 4.00. The summed E-state index contributed by atoms with van der Waals surface area (Å²) in [7, 11) is 0. The molecule has 0 aliphatic rings. The van der Waals surface area contributed by atoms with Crippen molar-refractivity contribution in [1.29, 1.82) is 0 Å². The highest BCUT2D eigenvalue weighted by Crippen LogP contribution is 2.33. The SMILES string of the molecule is Cc1ccc(S[C@@H](C)C(=O)Nc2ccccc2Sc2ccccc2)cc1. The molecule has 3 aromatic rings. The van der Waals surface area contributed by atoms with Crippen LogP contribution in [0.1, 0.15) is 12.5 Å². The van der Waals surface area contributed by atoms with Gasteiger partial charge >= 0.3 is 0 Å². The number of nitrogens with one attached hydrogen (secondary N) is 1.